The lowest BCUT2D eigenvalue weighted by atomic mass is 10.3. The molecule has 0 atom stereocenters. The molecule has 84 valence electrons. The molecule has 0 aliphatic rings. The highest BCUT2D eigenvalue weighted by molar-refractivity contribution is 6.02. The first-order valence-electron chi connectivity index (χ1n) is 4.68. The molecule has 0 unspecified atom stereocenters. The Morgan fingerprint density at radius 3 is 2.69 bits per heavy atom. The molecule has 4 N–H and O–H groups in total. The molecule has 2 heterocycles. The molecule has 2 aromatic heterocycles. The lowest BCUT2D eigenvalue weighted by Gasteiger charge is -1.99. The van der Waals surface area contributed by atoms with Gasteiger partial charge in [-0.15, -0.1) is 0 Å². The van der Waals surface area contributed by atoms with Crippen LogP contribution in [-0.2, 0) is 0 Å². The predicted octanol–water partition coefficient (Wildman–Crippen LogP) is 0.295. The molecular formula is C9H11N5O2. The smallest absolute Gasteiger partial charge is 0.312 e. The van der Waals surface area contributed by atoms with Crippen LogP contribution in [0.15, 0.2) is 11.0 Å². The van der Waals surface area contributed by atoms with Gasteiger partial charge in [-0.1, -0.05) is 0 Å². The summed E-state index contributed by atoms with van der Waals surface area (Å²) in [6, 6.07) is 0. The van der Waals surface area contributed by atoms with Gasteiger partial charge in [0, 0.05) is 17.5 Å². The zero-order valence-electron chi connectivity index (χ0n) is 8.84. The second-order valence-corrected chi connectivity index (χ2v) is 3.43. The van der Waals surface area contributed by atoms with E-state index in [9.17, 15) is 9.59 Å². The highest BCUT2D eigenvalue weighted by Gasteiger charge is 2.12. The third-order valence-corrected chi connectivity index (χ3v) is 2.33. The van der Waals surface area contributed by atoms with Crippen molar-refractivity contribution in [3.05, 3.63) is 33.6 Å². The molecule has 0 saturated heterocycles. The average molecular weight is 221 g/mol. The second-order valence-electron chi connectivity index (χ2n) is 3.43. The van der Waals surface area contributed by atoms with Crippen LogP contribution in [0.2, 0.25) is 0 Å². The molecule has 2 aromatic rings. The number of imidazole rings is 1. The normalized spacial score (nSPS) is 10.4. The average Bonchev–Trinajstić information content (AvgIpc) is 2.79. The van der Waals surface area contributed by atoms with Crippen LogP contribution in [-0.4, -0.2) is 26.1 Å². The van der Waals surface area contributed by atoms with Gasteiger partial charge in [0.1, 0.15) is 5.69 Å². The highest BCUT2D eigenvalue weighted by atomic mass is 16.2. The van der Waals surface area contributed by atoms with Gasteiger partial charge in [-0.2, -0.15) is 5.10 Å². The number of H-pyrrole nitrogens is 3. The number of nitrogens with one attached hydrogen (secondary N) is 4. The second kappa shape index (κ2) is 3.69. The van der Waals surface area contributed by atoms with Crippen LogP contribution in [0, 0.1) is 13.8 Å². The van der Waals surface area contributed by atoms with Crippen LogP contribution >= 0.6 is 0 Å². The predicted molar refractivity (Wildman–Crippen MR) is 57.4 cm³/mol. The quantitative estimate of drug-likeness (QED) is 0.585. The minimum Gasteiger partial charge on any atom is -0.312 e. The fourth-order valence-electron chi connectivity index (χ4n) is 1.24. The Balaban J connectivity index is 2.20. The Kier molecular flexibility index (Phi) is 2.35. The first-order chi connectivity index (χ1) is 7.58. The zero-order chi connectivity index (χ0) is 11.7. The first kappa shape index (κ1) is 10.2. The number of nitrogens with zero attached hydrogens (tertiary/aromatic N) is 1. The summed E-state index contributed by atoms with van der Waals surface area (Å²) < 4.78 is 0. The number of hydrogen-bond donors (Lipinski definition) is 4. The maximum absolute atomic E-state index is 11.6. The number of carbonyl (C=O) groups excluding carboxylic acids is 1. The Morgan fingerprint density at radius 2 is 2.19 bits per heavy atom. The third-order valence-electron chi connectivity index (χ3n) is 2.33. The summed E-state index contributed by atoms with van der Waals surface area (Å²) in [6.07, 6.45) is 1.31. The Labute approximate surface area is 90.3 Å². The molecule has 0 aliphatic carbocycles. The summed E-state index contributed by atoms with van der Waals surface area (Å²) in [4.78, 5) is 27.2. The highest BCUT2D eigenvalue weighted by Crippen LogP contribution is 2.14. The summed E-state index contributed by atoms with van der Waals surface area (Å²) >= 11 is 0. The van der Waals surface area contributed by atoms with Gasteiger partial charge >= 0.3 is 5.69 Å². The molecule has 2 rings (SSSR count). The van der Waals surface area contributed by atoms with Crippen molar-refractivity contribution >= 4 is 11.7 Å². The van der Waals surface area contributed by atoms with Gasteiger partial charge in [0.2, 0.25) is 0 Å². The minimum absolute atomic E-state index is 0.171. The SMILES string of the molecule is Cc1[nH]nc(NC(=O)c2c[nH]c(=O)[nH]2)c1C. The van der Waals surface area contributed by atoms with Crippen LogP contribution in [0.5, 0.6) is 0 Å². The topological polar surface area (TPSA) is 106 Å². The lowest BCUT2D eigenvalue weighted by Crippen LogP contribution is -2.14. The summed E-state index contributed by atoms with van der Waals surface area (Å²) in [7, 11) is 0. The summed E-state index contributed by atoms with van der Waals surface area (Å²) in [6.45, 7) is 3.70. The van der Waals surface area contributed by atoms with E-state index in [1.165, 1.54) is 6.20 Å². The largest absolute Gasteiger partial charge is 0.323 e. The van der Waals surface area contributed by atoms with E-state index in [1.54, 1.807) is 0 Å². The van der Waals surface area contributed by atoms with E-state index in [4.69, 9.17) is 0 Å². The number of aryl methyl sites for hydroxylation is 1. The number of aromatic amines is 3. The van der Waals surface area contributed by atoms with Gasteiger partial charge < -0.3 is 15.3 Å². The van der Waals surface area contributed by atoms with Crippen LogP contribution in [0.3, 0.4) is 0 Å². The molecule has 0 radical (unpaired) electrons. The van der Waals surface area contributed by atoms with Gasteiger partial charge in [-0.25, -0.2) is 4.79 Å². The van der Waals surface area contributed by atoms with E-state index >= 15 is 0 Å². The molecule has 0 saturated carbocycles. The number of rotatable bonds is 2. The molecule has 1 amide bonds. The minimum atomic E-state index is -0.417. The van der Waals surface area contributed by atoms with Gasteiger partial charge in [0.15, 0.2) is 5.82 Å². The van der Waals surface area contributed by atoms with Crippen molar-refractivity contribution in [3.8, 4) is 0 Å². The number of anilines is 1. The van der Waals surface area contributed by atoms with Crippen LogP contribution < -0.4 is 11.0 Å². The van der Waals surface area contributed by atoms with Crippen molar-refractivity contribution in [2.75, 3.05) is 5.32 Å². The molecule has 7 nitrogen and oxygen atoms in total. The van der Waals surface area contributed by atoms with Crippen LogP contribution in [0.4, 0.5) is 5.82 Å². The molecule has 0 bridgehead atoms. The fourth-order valence-corrected chi connectivity index (χ4v) is 1.24. The van der Waals surface area contributed by atoms with E-state index in [-0.39, 0.29) is 5.69 Å². The monoisotopic (exact) mass is 221 g/mol. The van der Waals surface area contributed by atoms with E-state index in [0.29, 0.717) is 5.82 Å². The number of amides is 1. The van der Waals surface area contributed by atoms with Crippen LogP contribution in [0.1, 0.15) is 21.7 Å². The standard InChI is InChI=1S/C9H11N5O2/c1-4-5(2)13-14-7(4)12-8(15)6-3-10-9(16)11-6/h3H,1-2H3,(H2,10,11,16)(H2,12,13,14,15). The Morgan fingerprint density at radius 1 is 1.44 bits per heavy atom. The van der Waals surface area contributed by atoms with Crippen LogP contribution in [0.25, 0.3) is 0 Å². The lowest BCUT2D eigenvalue weighted by molar-refractivity contribution is 0.102. The van der Waals surface area contributed by atoms with E-state index < -0.39 is 11.6 Å². The number of carbonyl (C=O) groups is 1. The summed E-state index contributed by atoms with van der Waals surface area (Å²) in [5.41, 5.74) is 1.51. The molecule has 0 spiro atoms. The van der Waals surface area contributed by atoms with Gasteiger partial charge in [-0.05, 0) is 13.8 Å². The van der Waals surface area contributed by atoms with E-state index in [1.807, 2.05) is 13.8 Å². The van der Waals surface area contributed by atoms with Crippen molar-refractivity contribution in [1.29, 1.82) is 0 Å². The Hall–Kier alpha value is -2.31. The first-order valence-corrected chi connectivity index (χ1v) is 4.68. The molecule has 7 heteroatoms. The summed E-state index contributed by atoms with van der Waals surface area (Å²) in [5, 5.41) is 9.27. The van der Waals surface area contributed by atoms with Gasteiger partial charge in [-0.3, -0.25) is 9.89 Å². The van der Waals surface area contributed by atoms with E-state index in [2.05, 4.69) is 25.5 Å². The van der Waals surface area contributed by atoms with Crippen molar-refractivity contribution in [2.24, 2.45) is 0 Å². The van der Waals surface area contributed by atoms with Gasteiger partial charge in [0.05, 0.1) is 0 Å². The third kappa shape index (κ3) is 1.74. The van der Waals surface area contributed by atoms with Crippen molar-refractivity contribution in [2.45, 2.75) is 13.8 Å². The zero-order valence-corrected chi connectivity index (χ0v) is 8.84. The molecule has 0 aliphatic heterocycles. The van der Waals surface area contributed by atoms with Crippen molar-refractivity contribution in [3.63, 3.8) is 0 Å². The van der Waals surface area contributed by atoms with Gasteiger partial charge in [0.25, 0.3) is 5.91 Å². The maximum Gasteiger partial charge on any atom is 0.323 e. The maximum atomic E-state index is 11.6. The van der Waals surface area contributed by atoms with Crippen molar-refractivity contribution < 1.29 is 4.79 Å². The number of aromatic nitrogens is 4. The molecule has 0 fully saturated rings. The van der Waals surface area contributed by atoms with E-state index in [0.717, 1.165) is 11.3 Å². The molecule has 16 heavy (non-hydrogen) atoms. The molecule has 0 aromatic carbocycles. The summed E-state index contributed by atoms with van der Waals surface area (Å²) in [5.74, 6) is 0.0532. The molecular weight excluding hydrogens is 210 g/mol. The fraction of sp³-hybridized carbons (Fsp3) is 0.222. The van der Waals surface area contributed by atoms with Crippen molar-refractivity contribution in [1.82, 2.24) is 20.2 Å². The Bertz CT molecular complexity index is 577. The number of hydrogen-bond acceptors (Lipinski definition) is 3.